The first kappa shape index (κ1) is 19.8. The highest BCUT2D eigenvalue weighted by Crippen LogP contribution is 2.35. The molecule has 1 N–H and O–H groups in total. The largest absolute Gasteiger partial charge is 0.464 e. The molecule has 3 aromatic rings. The predicted molar refractivity (Wildman–Crippen MR) is 105 cm³/mol. The van der Waals surface area contributed by atoms with Crippen molar-refractivity contribution in [3.8, 4) is 0 Å². The summed E-state index contributed by atoms with van der Waals surface area (Å²) in [6.45, 7) is 5.90. The molecule has 2 aromatic heterocycles. The van der Waals surface area contributed by atoms with Gasteiger partial charge in [-0.15, -0.1) is 0 Å². The quantitative estimate of drug-likeness (QED) is 0.675. The van der Waals surface area contributed by atoms with Gasteiger partial charge in [-0.2, -0.15) is 13.2 Å². The maximum absolute atomic E-state index is 13.7. The maximum atomic E-state index is 13.7. The van der Waals surface area contributed by atoms with Crippen LogP contribution in [0.2, 0.25) is 6.82 Å². The number of nitrogens with zero attached hydrogens (tertiary/aromatic N) is 4. The minimum Gasteiger partial charge on any atom is -0.464 e. The van der Waals surface area contributed by atoms with Gasteiger partial charge in [-0.3, -0.25) is 0 Å². The molecule has 0 saturated carbocycles. The smallest absolute Gasteiger partial charge is 0.449 e. The third-order valence-corrected chi connectivity index (χ3v) is 5.30. The lowest BCUT2D eigenvalue weighted by Crippen LogP contribution is -2.51. The van der Waals surface area contributed by atoms with Crippen LogP contribution >= 0.6 is 0 Å². The second kappa shape index (κ2) is 7.42. The summed E-state index contributed by atoms with van der Waals surface area (Å²) < 4.78 is 47.9. The van der Waals surface area contributed by atoms with Crippen LogP contribution in [0, 0.1) is 6.92 Å². The molecular formula is C19H22BF3N4O2. The average molecular weight is 406 g/mol. The number of aryl methyl sites for hydroxylation is 1. The van der Waals surface area contributed by atoms with E-state index in [1.54, 1.807) is 44.1 Å². The van der Waals surface area contributed by atoms with Crippen LogP contribution in [0.5, 0.6) is 0 Å². The van der Waals surface area contributed by atoms with E-state index in [4.69, 9.17) is 4.42 Å². The summed E-state index contributed by atoms with van der Waals surface area (Å²) in [4.78, 5) is 7.96. The standard InChI is InChI=1S/C19H22BF3N4O2/c1-13-6-7-14(29-13)12-27-16-5-3-4-15(17(16)24-18(27)19(21,22)23)25-8-10-26(11-9-25)20(2)28/h3-7,28H,8-12H2,1-2H3. The van der Waals surface area contributed by atoms with Crippen LogP contribution in [0.3, 0.4) is 0 Å². The molecule has 0 amide bonds. The van der Waals surface area contributed by atoms with Gasteiger partial charge in [-0.05, 0) is 38.0 Å². The predicted octanol–water partition coefficient (Wildman–Crippen LogP) is 3.24. The maximum Gasteiger partial charge on any atom is 0.449 e. The highest BCUT2D eigenvalue weighted by molar-refractivity contribution is 6.45. The molecule has 0 radical (unpaired) electrons. The summed E-state index contributed by atoms with van der Waals surface area (Å²) in [7, 11) is -0.541. The van der Waals surface area contributed by atoms with Crippen molar-refractivity contribution in [3.05, 3.63) is 47.7 Å². The number of halogens is 3. The van der Waals surface area contributed by atoms with Gasteiger partial charge in [0.15, 0.2) is 0 Å². The molecule has 3 heterocycles. The van der Waals surface area contributed by atoms with Crippen LogP contribution in [0.1, 0.15) is 17.3 Å². The van der Waals surface area contributed by atoms with Crippen molar-refractivity contribution in [1.29, 1.82) is 0 Å². The second-order valence-corrected chi connectivity index (χ2v) is 7.33. The number of aromatic nitrogens is 2. The Balaban J connectivity index is 1.75. The molecule has 0 aliphatic carbocycles. The Morgan fingerprint density at radius 1 is 1.14 bits per heavy atom. The molecule has 1 aromatic carbocycles. The lowest BCUT2D eigenvalue weighted by Gasteiger charge is -2.36. The van der Waals surface area contributed by atoms with E-state index in [0.29, 0.717) is 54.4 Å². The molecule has 1 aliphatic rings. The van der Waals surface area contributed by atoms with Crippen molar-refractivity contribution < 1.29 is 22.6 Å². The van der Waals surface area contributed by atoms with Gasteiger partial charge >= 0.3 is 13.2 Å². The Morgan fingerprint density at radius 2 is 1.86 bits per heavy atom. The topological polar surface area (TPSA) is 57.7 Å². The molecule has 6 nitrogen and oxygen atoms in total. The zero-order valence-electron chi connectivity index (χ0n) is 16.3. The molecular weight excluding hydrogens is 384 g/mol. The molecule has 0 spiro atoms. The molecule has 0 bridgehead atoms. The first-order chi connectivity index (χ1) is 13.7. The number of imidazole rings is 1. The van der Waals surface area contributed by atoms with Gasteiger partial charge in [-0.25, -0.2) is 4.98 Å². The van der Waals surface area contributed by atoms with E-state index in [-0.39, 0.29) is 6.54 Å². The van der Waals surface area contributed by atoms with E-state index in [9.17, 15) is 18.2 Å². The fraction of sp³-hybridized carbons (Fsp3) is 0.421. The van der Waals surface area contributed by atoms with Crippen molar-refractivity contribution in [1.82, 2.24) is 14.4 Å². The van der Waals surface area contributed by atoms with Crippen LogP contribution in [-0.2, 0) is 12.7 Å². The normalized spacial score (nSPS) is 16.0. The fourth-order valence-corrected chi connectivity index (χ4v) is 3.83. The average Bonchev–Trinajstić information content (AvgIpc) is 3.25. The minimum atomic E-state index is -4.58. The van der Waals surface area contributed by atoms with Crippen molar-refractivity contribution in [2.45, 2.75) is 26.5 Å². The highest BCUT2D eigenvalue weighted by Gasteiger charge is 2.38. The summed E-state index contributed by atoms with van der Waals surface area (Å²) in [6, 6.07) is 8.62. The van der Waals surface area contributed by atoms with Crippen molar-refractivity contribution >= 4 is 23.8 Å². The Bertz CT molecular complexity index is 1010. The number of piperazine rings is 1. The van der Waals surface area contributed by atoms with Gasteiger partial charge in [0.05, 0.1) is 17.7 Å². The van der Waals surface area contributed by atoms with Crippen molar-refractivity contribution in [3.63, 3.8) is 0 Å². The first-order valence-electron chi connectivity index (χ1n) is 9.53. The number of furan rings is 1. The molecule has 10 heteroatoms. The van der Waals surface area contributed by atoms with Gasteiger partial charge in [0.25, 0.3) is 0 Å². The summed E-state index contributed by atoms with van der Waals surface area (Å²) in [5.41, 5.74) is 1.42. The summed E-state index contributed by atoms with van der Waals surface area (Å²) in [5.74, 6) is 0.162. The fourth-order valence-electron chi connectivity index (χ4n) is 3.83. The van der Waals surface area contributed by atoms with E-state index < -0.39 is 19.1 Å². The van der Waals surface area contributed by atoms with Crippen LogP contribution in [0.15, 0.2) is 34.7 Å². The van der Waals surface area contributed by atoms with Crippen LogP contribution < -0.4 is 4.90 Å². The third kappa shape index (κ3) is 3.86. The Labute approximate surface area is 166 Å². The summed E-state index contributed by atoms with van der Waals surface area (Å²) >= 11 is 0. The molecule has 1 fully saturated rings. The number of alkyl halides is 3. The van der Waals surface area contributed by atoms with Crippen molar-refractivity contribution in [2.24, 2.45) is 0 Å². The van der Waals surface area contributed by atoms with Gasteiger partial charge in [0.1, 0.15) is 17.0 Å². The number of para-hydroxylation sites is 1. The van der Waals surface area contributed by atoms with E-state index in [0.717, 1.165) is 0 Å². The molecule has 0 atom stereocenters. The van der Waals surface area contributed by atoms with Crippen molar-refractivity contribution in [2.75, 3.05) is 31.1 Å². The zero-order chi connectivity index (χ0) is 20.8. The van der Waals surface area contributed by atoms with Crippen LogP contribution in [0.25, 0.3) is 11.0 Å². The molecule has 154 valence electrons. The van der Waals surface area contributed by atoms with Gasteiger partial charge in [0, 0.05) is 26.2 Å². The second-order valence-electron chi connectivity index (χ2n) is 7.33. The van der Waals surface area contributed by atoms with E-state index in [2.05, 4.69) is 4.98 Å². The molecule has 29 heavy (non-hydrogen) atoms. The summed E-state index contributed by atoms with van der Waals surface area (Å²) in [5, 5.41) is 9.73. The zero-order valence-corrected chi connectivity index (χ0v) is 16.3. The number of fused-ring (bicyclic) bond motifs is 1. The SMILES string of the molecule is CB(O)N1CCN(c2cccc3c2nc(C(F)(F)F)n3Cc2ccc(C)o2)CC1. The first-order valence-corrected chi connectivity index (χ1v) is 9.53. The van der Waals surface area contributed by atoms with Gasteiger partial charge in [0.2, 0.25) is 5.82 Å². The molecule has 1 aliphatic heterocycles. The Morgan fingerprint density at radius 3 is 2.45 bits per heavy atom. The highest BCUT2D eigenvalue weighted by atomic mass is 19.4. The Hall–Kier alpha value is -2.46. The van der Waals surface area contributed by atoms with E-state index >= 15 is 0 Å². The number of hydrogen-bond donors (Lipinski definition) is 1. The van der Waals surface area contributed by atoms with Crippen LogP contribution in [-0.4, -0.2) is 52.6 Å². The van der Waals surface area contributed by atoms with Gasteiger partial charge in [-0.1, -0.05) is 6.07 Å². The lowest BCUT2D eigenvalue weighted by atomic mass is 9.84. The summed E-state index contributed by atoms with van der Waals surface area (Å²) in [6.07, 6.45) is -4.58. The van der Waals surface area contributed by atoms with Crippen LogP contribution in [0.4, 0.5) is 18.9 Å². The Kier molecular flexibility index (Phi) is 5.08. The molecule has 1 saturated heterocycles. The van der Waals surface area contributed by atoms with Gasteiger partial charge < -0.3 is 23.7 Å². The van der Waals surface area contributed by atoms with E-state index in [1.807, 2.05) is 9.71 Å². The third-order valence-electron chi connectivity index (χ3n) is 5.30. The molecule has 0 unspecified atom stereocenters. The lowest BCUT2D eigenvalue weighted by molar-refractivity contribution is -0.146. The number of benzene rings is 1. The number of hydrogen-bond acceptors (Lipinski definition) is 5. The monoisotopic (exact) mass is 406 g/mol. The minimum absolute atomic E-state index is 0.0432. The van der Waals surface area contributed by atoms with E-state index in [1.165, 1.54) is 4.57 Å². The number of rotatable bonds is 4. The molecule has 4 rings (SSSR count). The number of anilines is 1.